The molecule has 8 nitrogen and oxygen atoms in total. The molecule has 8 heteroatoms. The molecule has 2 saturated heterocycles. The molecule has 0 unspecified atom stereocenters. The summed E-state index contributed by atoms with van der Waals surface area (Å²) in [5.74, 6) is 0.0688. The molecule has 2 aliphatic rings. The number of benzene rings is 1. The first kappa shape index (κ1) is 24.0. The zero-order valence-electron chi connectivity index (χ0n) is 18.8. The lowest BCUT2D eigenvalue weighted by atomic mass is 9.95. The van der Waals surface area contributed by atoms with Crippen molar-refractivity contribution in [1.82, 2.24) is 14.4 Å². The molecule has 0 aliphatic carbocycles. The van der Waals surface area contributed by atoms with Crippen LogP contribution in [0.25, 0.3) is 0 Å². The molecule has 2 aromatic rings. The van der Waals surface area contributed by atoms with Crippen LogP contribution in [0.2, 0.25) is 0 Å². The van der Waals surface area contributed by atoms with Gasteiger partial charge < -0.3 is 29.3 Å². The Balaban J connectivity index is 0.000000913. The van der Waals surface area contributed by atoms with Gasteiger partial charge in [-0.1, -0.05) is 30.3 Å². The molecule has 0 saturated carbocycles. The van der Waals surface area contributed by atoms with Crippen LogP contribution in [0.15, 0.2) is 42.6 Å². The Morgan fingerprint density at radius 3 is 2.41 bits per heavy atom. The molecule has 1 amide bonds. The second-order valence-corrected chi connectivity index (χ2v) is 8.33. The average Bonchev–Trinajstić information content (AvgIpc) is 3.14. The molecule has 1 aromatic heterocycles. The predicted molar refractivity (Wildman–Crippen MR) is 120 cm³/mol. The monoisotopic (exact) mass is 443 g/mol. The highest BCUT2D eigenvalue weighted by Gasteiger charge is 2.38. The normalized spacial score (nSPS) is 22.2. The molecule has 1 aromatic carbocycles. The number of rotatable bonds is 4. The Bertz CT molecular complexity index is 877. The van der Waals surface area contributed by atoms with Gasteiger partial charge in [-0.3, -0.25) is 9.59 Å². The van der Waals surface area contributed by atoms with Gasteiger partial charge in [0.15, 0.2) is 0 Å². The molecule has 2 N–H and O–H groups in total. The van der Waals surface area contributed by atoms with Crippen LogP contribution in [-0.4, -0.2) is 82.0 Å². The summed E-state index contributed by atoms with van der Waals surface area (Å²) in [4.78, 5) is 26.2. The van der Waals surface area contributed by atoms with Crippen molar-refractivity contribution in [3.8, 4) is 0 Å². The number of morpholine rings is 1. The van der Waals surface area contributed by atoms with Crippen LogP contribution in [0, 0.1) is 6.92 Å². The van der Waals surface area contributed by atoms with Crippen LogP contribution in [0.4, 0.5) is 0 Å². The molecule has 0 bridgehead atoms. The maximum absolute atomic E-state index is 13.5. The number of likely N-dealkylation sites (tertiary alicyclic amines) is 1. The van der Waals surface area contributed by atoms with E-state index in [4.69, 9.17) is 14.6 Å². The largest absolute Gasteiger partial charge is 0.483 e. The SMILES string of the molecule is Cc1c(C(=O)N2CCO[C@@H](CN3CCC(O)CC3)[C@@H]2c2ccccc2)ccn1C.O=CO. The van der Waals surface area contributed by atoms with Crippen LogP contribution in [0.5, 0.6) is 0 Å². The van der Waals surface area contributed by atoms with Gasteiger partial charge in [0.1, 0.15) is 0 Å². The number of carboxylic acid groups (broad SMARTS) is 1. The molecular weight excluding hydrogens is 410 g/mol. The van der Waals surface area contributed by atoms with Gasteiger partial charge in [0.25, 0.3) is 12.4 Å². The van der Waals surface area contributed by atoms with Gasteiger partial charge in [0, 0.05) is 45.1 Å². The van der Waals surface area contributed by atoms with E-state index in [1.807, 2.05) is 53.9 Å². The van der Waals surface area contributed by atoms with E-state index >= 15 is 0 Å². The van der Waals surface area contributed by atoms with E-state index in [2.05, 4.69) is 17.0 Å². The highest BCUT2D eigenvalue weighted by atomic mass is 16.5. The summed E-state index contributed by atoms with van der Waals surface area (Å²) in [6.07, 6.45) is 3.26. The first-order chi connectivity index (χ1) is 15.5. The van der Waals surface area contributed by atoms with Gasteiger partial charge in [0.2, 0.25) is 0 Å². The maximum Gasteiger partial charge on any atom is 0.290 e. The van der Waals surface area contributed by atoms with Crippen molar-refractivity contribution >= 4 is 12.4 Å². The number of hydrogen-bond acceptors (Lipinski definition) is 5. The van der Waals surface area contributed by atoms with Gasteiger partial charge >= 0.3 is 0 Å². The molecule has 3 heterocycles. The number of carbonyl (C=O) groups excluding carboxylic acids is 1. The van der Waals surface area contributed by atoms with E-state index < -0.39 is 0 Å². The summed E-state index contributed by atoms with van der Waals surface area (Å²) in [6, 6.07) is 12.0. The van der Waals surface area contributed by atoms with Gasteiger partial charge in [-0.05, 0) is 31.4 Å². The van der Waals surface area contributed by atoms with Crippen LogP contribution >= 0.6 is 0 Å². The van der Waals surface area contributed by atoms with E-state index in [1.165, 1.54) is 0 Å². The molecule has 0 spiro atoms. The fourth-order valence-electron chi connectivity index (χ4n) is 4.50. The fourth-order valence-corrected chi connectivity index (χ4v) is 4.50. The minimum Gasteiger partial charge on any atom is -0.483 e. The molecule has 2 atom stereocenters. The summed E-state index contributed by atoms with van der Waals surface area (Å²) in [5.41, 5.74) is 2.85. The van der Waals surface area contributed by atoms with Crippen molar-refractivity contribution < 1.29 is 24.5 Å². The highest BCUT2D eigenvalue weighted by molar-refractivity contribution is 5.95. The quantitative estimate of drug-likeness (QED) is 0.703. The van der Waals surface area contributed by atoms with Crippen molar-refractivity contribution in [3.05, 3.63) is 59.4 Å². The lowest BCUT2D eigenvalue weighted by Crippen LogP contribution is -2.52. The van der Waals surface area contributed by atoms with Crippen LogP contribution in [0.1, 0.15) is 40.5 Å². The Labute approximate surface area is 189 Å². The molecule has 0 radical (unpaired) electrons. The third kappa shape index (κ3) is 5.56. The van der Waals surface area contributed by atoms with E-state index in [0.717, 1.165) is 49.3 Å². The standard InChI is InChI=1S/C23H31N3O3.CH2O2/c1-17-20(10-11-24(17)2)23(28)26-14-15-29-21(16-25-12-8-19(27)9-13-25)22(26)18-6-4-3-5-7-18;2-1-3/h3-7,10-11,19,21-22,27H,8-9,12-16H2,1-2H3;1H,(H,2,3)/t21-,22-;/m0./s1. The molecule has 4 rings (SSSR count). The number of hydrogen-bond donors (Lipinski definition) is 2. The number of amides is 1. The summed E-state index contributed by atoms with van der Waals surface area (Å²) in [7, 11) is 1.97. The summed E-state index contributed by atoms with van der Waals surface area (Å²) >= 11 is 0. The second-order valence-electron chi connectivity index (χ2n) is 8.33. The Kier molecular flexibility index (Phi) is 8.44. The van der Waals surface area contributed by atoms with Crippen LogP contribution < -0.4 is 0 Å². The van der Waals surface area contributed by atoms with Crippen molar-refractivity contribution in [2.24, 2.45) is 7.05 Å². The number of nitrogens with zero attached hydrogens (tertiary/aromatic N) is 3. The number of aryl methyl sites for hydroxylation is 1. The second kappa shape index (κ2) is 11.3. The Morgan fingerprint density at radius 2 is 1.81 bits per heavy atom. The van der Waals surface area contributed by atoms with Crippen molar-refractivity contribution in [1.29, 1.82) is 0 Å². The molecule has 2 fully saturated rings. The minimum absolute atomic E-state index is 0.0688. The van der Waals surface area contributed by atoms with E-state index in [0.29, 0.717) is 13.2 Å². The third-order valence-electron chi connectivity index (χ3n) is 6.36. The number of aliphatic hydroxyl groups is 1. The summed E-state index contributed by atoms with van der Waals surface area (Å²) < 4.78 is 8.21. The van der Waals surface area contributed by atoms with E-state index in [9.17, 15) is 9.90 Å². The highest BCUT2D eigenvalue weighted by Crippen LogP contribution is 2.32. The van der Waals surface area contributed by atoms with Gasteiger partial charge in [-0.2, -0.15) is 0 Å². The zero-order chi connectivity index (χ0) is 23.1. The number of aliphatic hydroxyl groups excluding tert-OH is 1. The number of ether oxygens (including phenoxy) is 1. The Hall–Kier alpha value is -2.68. The molecule has 32 heavy (non-hydrogen) atoms. The molecular formula is C24H33N3O5. The maximum atomic E-state index is 13.5. The summed E-state index contributed by atoms with van der Waals surface area (Å²) in [5, 5.41) is 16.7. The molecule has 174 valence electrons. The zero-order valence-corrected chi connectivity index (χ0v) is 18.8. The third-order valence-corrected chi connectivity index (χ3v) is 6.36. The predicted octanol–water partition coefficient (Wildman–Crippen LogP) is 2.07. The number of carbonyl (C=O) groups is 2. The lowest BCUT2D eigenvalue weighted by Gasteiger charge is -2.44. The molecule has 2 aliphatic heterocycles. The fraction of sp³-hybridized carbons (Fsp3) is 0.500. The number of aromatic nitrogens is 1. The average molecular weight is 444 g/mol. The topological polar surface area (TPSA) is 95.2 Å². The van der Waals surface area contributed by atoms with Crippen molar-refractivity contribution in [3.63, 3.8) is 0 Å². The van der Waals surface area contributed by atoms with Crippen molar-refractivity contribution in [2.75, 3.05) is 32.8 Å². The van der Waals surface area contributed by atoms with Gasteiger partial charge in [0.05, 0.1) is 30.4 Å². The lowest BCUT2D eigenvalue weighted by molar-refractivity contribution is -0.122. The summed E-state index contributed by atoms with van der Waals surface area (Å²) in [6.45, 7) is 5.37. The van der Waals surface area contributed by atoms with Gasteiger partial charge in [-0.25, -0.2) is 0 Å². The number of piperidine rings is 1. The van der Waals surface area contributed by atoms with Gasteiger partial charge in [-0.15, -0.1) is 0 Å². The van der Waals surface area contributed by atoms with Crippen LogP contribution in [-0.2, 0) is 16.6 Å². The minimum atomic E-state index is -0.250. The van der Waals surface area contributed by atoms with E-state index in [-0.39, 0.29) is 30.6 Å². The van der Waals surface area contributed by atoms with E-state index in [1.54, 1.807) is 0 Å². The Morgan fingerprint density at radius 1 is 1.16 bits per heavy atom. The smallest absolute Gasteiger partial charge is 0.290 e. The van der Waals surface area contributed by atoms with Crippen molar-refractivity contribution in [2.45, 2.75) is 38.0 Å². The first-order valence-electron chi connectivity index (χ1n) is 11.0. The van der Waals surface area contributed by atoms with Crippen LogP contribution in [0.3, 0.4) is 0 Å². The first-order valence-corrected chi connectivity index (χ1v) is 11.0.